The van der Waals surface area contributed by atoms with E-state index in [-0.39, 0.29) is 47.1 Å². The minimum atomic E-state index is -0.895. The number of nitrogens with one attached hydrogen (secondary N) is 3. The van der Waals surface area contributed by atoms with Gasteiger partial charge in [-0.05, 0) is 138 Å². The third-order valence-electron chi connectivity index (χ3n) is 12.6. The second-order valence-corrected chi connectivity index (χ2v) is 20.6. The fourth-order valence-electron chi connectivity index (χ4n) is 9.21. The number of likely N-dealkylation sites (tertiary alicyclic amines) is 2. The van der Waals surface area contributed by atoms with Crippen molar-refractivity contribution in [2.45, 2.75) is 199 Å². The second-order valence-electron chi connectivity index (χ2n) is 20.6. The number of alkyl carbamates (subject to hydrolysis) is 2. The van der Waals surface area contributed by atoms with Crippen LogP contribution < -0.4 is 16.0 Å². The average Bonchev–Trinajstić information content (AvgIpc) is 3.67. The monoisotopic (exact) mass is 866 g/mol. The first-order valence-corrected chi connectivity index (χ1v) is 23.3. The van der Waals surface area contributed by atoms with E-state index in [2.05, 4.69) is 69.4 Å². The molecular weight excluding hydrogens is 787 g/mol. The third-order valence-corrected chi connectivity index (χ3v) is 12.6. The first-order valence-electron chi connectivity index (χ1n) is 23.3. The molecule has 0 spiro atoms. The van der Waals surface area contributed by atoms with Crippen molar-refractivity contribution in [1.82, 2.24) is 25.8 Å². The molecule has 1 aromatic rings. The predicted octanol–water partition coefficient (Wildman–Crippen LogP) is 8.24. The molecule has 3 fully saturated rings. The first-order chi connectivity index (χ1) is 29.1. The van der Waals surface area contributed by atoms with Crippen LogP contribution in [-0.4, -0.2) is 107 Å². The number of rotatable bonds is 18. The fourth-order valence-corrected chi connectivity index (χ4v) is 9.21. The number of hydrogen-bond acceptors (Lipinski definition) is 9. The highest BCUT2D eigenvalue weighted by Gasteiger charge is 2.44. The van der Waals surface area contributed by atoms with Crippen LogP contribution >= 0.6 is 0 Å². The van der Waals surface area contributed by atoms with Crippen molar-refractivity contribution in [1.29, 1.82) is 0 Å². The molecule has 2 heterocycles. The Bertz CT molecular complexity index is 1630. The SMILES string of the molecule is CC(C)C[C@@H](/C=C/[C@H](Cc1ccccc1)C(=O)N1CCC[C@@H]1C(=O)N[C@@H](CCCCNC(=O)OC1CC(C)(C)N(C)C(C)(C)C1)C(=O)OC1CCCCC1)NC(=O)OC(C)(C)C. The van der Waals surface area contributed by atoms with Crippen LogP contribution in [0.3, 0.4) is 0 Å². The van der Waals surface area contributed by atoms with Gasteiger partial charge in [-0.25, -0.2) is 14.4 Å². The Kier molecular flexibility index (Phi) is 18.7. The summed E-state index contributed by atoms with van der Waals surface area (Å²) in [4.78, 5) is 72.1. The quantitative estimate of drug-likeness (QED) is 0.0573. The summed E-state index contributed by atoms with van der Waals surface area (Å²) in [5.41, 5.74) is 0.0926. The molecule has 0 unspecified atom stereocenters. The van der Waals surface area contributed by atoms with Gasteiger partial charge in [-0.1, -0.05) is 62.8 Å². The minimum absolute atomic E-state index is 0.110. The first kappa shape index (κ1) is 50.5. The molecule has 62 heavy (non-hydrogen) atoms. The molecule has 2 aliphatic heterocycles. The molecule has 0 radical (unpaired) electrons. The average molecular weight is 866 g/mol. The number of benzene rings is 1. The van der Waals surface area contributed by atoms with Crippen LogP contribution in [0, 0.1) is 11.8 Å². The zero-order chi connectivity index (χ0) is 45.7. The maximum absolute atomic E-state index is 14.5. The van der Waals surface area contributed by atoms with Gasteiger partial charge in [0.15, 0.2) is 0 Å². The largest absolute Gasteiger partial charge is 0.461 e. The Morgan fingerprint density at radius 1 is 0.823 bits per heavy atom. The topological polar surface area (TPSA) is 156 Å². The smallest absolute Gasteiger partial charge is 0.408 e. The maximum Gasteiger partial charge on any atom is 0.408 e. The molecule has 4 atom stereocenters. The molecule has 2 saturated heterocycles. The maximum atomic E-state index is 14.5. The standard InChI is InChI=1S/C49H79N5O8/c1-34(2)30-37(51-46(59)62-47(3,4)5)27-26-36(31-35-20-13-11-14-21-35)43(56)54-29-19-25-41(54)42(55)52-40(44(57)60-38-22-15-12-16-23-38)24-17-18-28-50-45(58)61-39-32-48(6,7)53(10)49(8,9)33-39/h11,13-14,20-21,26-27,34,36-41H,12,15-19,22-25,28-33H2,1-10H3,(H,50,58)(H,51,59)(H,52,55)/b27-26+/t36-,37-,40+,41-/m1/s1. The van der Waals surface area contributed by atoms with Gasteiger partial charge in [0.05, 0.1) is 12.0 Å². The highest BCUT2D eigenvalue weighted by atomic mass is 16.6. The van der Waals surface area contributed by atoms with Gasteiger partial charge in [-0.15, -0.1) is 0 Å². The molecule has 4 rings (SSSR count). The molecular formula is C49H79N5O8. The van der Waals surface area contributed by atoms with Gasteiger partial charge in [-0.3, -0.25) is 14.5 Å². The number of carbonyl (C=O) groups is 5. The van der Waals surface area contributed by atoms with Crippen molar-refractivity contribution in [3.63, 3.8) is 0 Å². The zero-order valence-corrected chi connectivity index (χ0v) is 39.6. The van der Waals surface area contributed by atoms with Crippen molar-refractivity contribution >= 4 is 30.0 Å². The van der Waals surface area contributed by atoms with E-state index in [9.17, 15) is 24.0 Å². The number of nitrogens with zero attached hydrogens (tertiary/aromatic N) is 2. The summed E-state index contributed by atoms with van der Waals surface area (Å²) in [6.45, 7) is 19.0. The van der Waals surface area contributed by atoms with Crippen molar-refractivity contribution in [3.05, 3.63) is 48.0 Å². The lowest BCUT2D eigenvalue weighted by atomic mass is 9.79. The van der Waals surface area contributed by atoms with E-state index in [0.717, 1.165) is 50.5 Å². The summed E-state index contributed by atoms with van der Waals surface area (Å²) < 4.78 is 17.4. The van der Waals surface area contributed by atoms with Gasteiger partial charge in [0, 0.05) is 37.0 Å². The van der Waals surface area contributed by atoms with Crippen molar-refractivity contribution in [3.8, 4) is 0 Å². The normalized spacial score (nSPS) is 21.2. The number of hydrogen-bond donors (Lipinski definition) is 3. The summed E-state index contributed by atoms with van der Waals surface area (Å²) in [6.07, 6.45) is 12.2. The van der Waals surface area contributed by atoms with E-state index in [1.807, 2.05) is 63.3 Å². The lowest BCUT2D eigenvalue weighted by molar-refractivity contribution is -0.155. The molecule has 1 aromatic carbocycles. The van der Waals surface area contributed by atoms with E-state index < -0.39 is 41.8 Å². The number of piperidine rings is 1. The van der Waals surface area contributed by atoms with Crippen LogP contribution in [0.5, 0.6) is 0 Å². The molecule has 348 valence electrons. The van der Waals surface area contributed by atoms with Crippen LogP contribution in [0.15, 0.2) is 42.5 Å². The Hall–Kier alpha value is -4.13. The third kappa shape index (κ3) is 16.2. The summed E-state index contributed by atoms with van der Waals surface area (Å²) in [5.74, 6) is -1.37. The summed E-state index contributed by atoms with van der Waals surface area (Å²) in [6, 6.07) is 7.73. The highest BCUT2D eigenvalue weighted by molar-refractivity contribution is 5.92. The van der Waals surface area contributed by atoms with Gasteiger partial charge in [0.1, 0.15) is 29.9 Å². The zero-order valence-electron chi connectivity index (χ0n) is 39.6. The minimum Gasteiger partial charge on any atom is -0.461 e. The lowest BCUT2D eigenvalue weighted by Gasteiger charge is -2.53. The molecule has 0 aromatic heterocycles. The molecule has 13 heteroatoms. The number of esters is 1. The number of unbranched alkanes of at least 4 members (excludes halogenated alkanes) is 1. The summed E-state index contributed by atoms with van der Waals surface area (Å²) in [5, 5.41) is 8.85. The predicted molar refractivity (Wildman–Crippen MR) is 242 cm³/mol. The van der Waals surface area contributed by atoms with Gasteiger partial charge in [0.2, 0.25) is 11.8 Å². The van der Waals surface area contributed by atoms with E-state index in [1.165, 1.54) is 0 Å². The Morgan fingerprint density at radius 3 is 2.11 bits per heavy atom. The summed E-state index contributed by atoms with van der Waals surface area (Å²) >= 11 is 0. The lowest BCUT2D eigenvalue weighted by Crippen LogP contribution is -2.60. The molecule has 0 bridgehead atoms. The number of carbonyl (C=O) groups excluding carboxylic acids is 5. The van der Waals surface area contributed by atoms with Crippen molar-refractivity contribution in [2.24, 2.45) is 11.8 Å². The van der Waals surface area contributed by atoms with E-state index in [4.69, 9.17) is 14.2 Å². The molecule has 13 nitrogen and oxygen atoms in total. The molecule has 1 aliphatic carbocycles. The van der Waals surface area contributed by atoms with Crippen molar-refractivity contribution in [2.75, 3.05) is 20.1 Å². The van der Waals surface area contributed by atoms with Gasteiger partial charge >= 0.3 is 18.2 Å². The Labute approximate surface area is 372 Å². The van der Waals surface area contributed by atoms with E-state index in [1.54, 1.807) is 4.90 Å². The molecule has 4 amide bonds. The Balaban J connectivity index is 1.42. The Morgan fingerprint density at radius 2 is 1.48 bits per heavy atom. The van der Waals surface area contributed by atoms with Crippen molar-refractivity contribution < 1.29 is 38.2 Å². The fraction of sp³-hybridized carbons (Fsp3) is 0.735. The van der Waals surface area contributed by atoms with Crippen LogP contribution in [0.1, 0.15) is 151 Å². The van der Waals surface area contributed by atoms with E-state index >= 15 is 0 Å². The molecule has 3 aliphatic rings. The van der Waals surface area contributed by atoms with Crippen LogP contribution in [-0.2, 0) is 35.0 Å². The van der Waals surface area contributed by atoms with E-state index in [0.29, 0.717) is 58.0 Å². The number of amides is 4. The van der Waals surface area contributed by atoms with Gasteiger partial charge in [0.25, 0.3) is 0 Å². The van der Waals surface area contributed by atoms with Gasteiger partial charge < -0.3 is 35.1 Å². The van der Waals surface area contributed by atoms with Crippen LogP contribution in [0.25, 0.3) is 0 Å². The van der Waals surface area contributed by atoms with Crippen LogP contribution in [0.2, 0.25) is 0 Å². The molecule has 3 N–H and O–H groups in total. The molecule has 1 saturated carbocycles. The summed E-state index contributed by atoms with van der Waals surface area (Å²) in [7, 11) is 2.11. The van der Waals surface area contributed by atoms with Gasteiger partial charge in [-0.2, -0.15) is 0 Å². The second kappa shape index (κ2) is 23.0. The van der Waals surface area contributed by atoms with Crippen LogP contribution in [0.4, 0.5) is 9.59 Å². The number of ether oxygens (including phenoxy) is 3. The highest BCUT2D eigenvalue weighted by Crippen LogP contribution is 2.38.